The van der Waals surface area contributed by atoms with Crippen molar-refractivity contribution >= 4 is 5.91 Å². The first-order chi connectivity index (χ1) is 7.67. The van der Waals surface area contributed by atoms with E-state index in [0.29, 0.717) is 31.5 Å². The number of hydrogen-bond acceptors (Lipinski definition) is 3. The van der Waals surface area contributed by atoms with Crippen molar-refractivity contribution in [1.29, 1.82) is 0 Å². The molecule has 1 aliphatic carbocycles. The number of hydrogen-bond donors (Lipinski definition) is 2. The van der Waals surface area contributed by atoms with Crippen LogP contribution in [0.4, 0.5) is 0 Å². The van der Waals surface area contributed by atoms with E-state index in [0.717, 1.165) is 25.7 Å². The molecule has 0 aromatic rings. The topological polar surface area (TPSA) is 66.6 Å². The van der Waals surface area contributed by atoms with E-state index in [1.165, 1.54) is 0 Å². The van der Waals surface area contributed by atoms with Gasteiger partial charge in [-0.05, 0) is 38.5 Å². The van der Waals surface area contributed by atoms with Crippen LogP contribution in [0.15, 0.2) is 0 Å². The molecule has 0 heterocycles. The van der Waals surface area contributed by atoms with Crippen LogP contribution in [-0.2, 0) is 4.79 Å². The lowest BCUT2D eigenvalue weighted by molar-refractivity contribution is -0.132. The first kappa shape index (κ1) is 13.5. The highest BCUT2D eigenvalue weighted by atomic mass is 16.3. The van der Waals surface area contributed by atoms with Crippen LogP contribution in [0.5, 0.6) is 0 Å². The summed E-state index contributed by atoms with van der Waals surface area (Å²) in [4.78, 5) is 13.6. The Labute approximate surface area is 97.8 Å². The van der Waals surface area contributed by atoms with Crippen LogP contribution < -0.4 is 5.73 Å². The zero-order chi connectivity index (χ0) is 12.0. The molecular weight excluding hydrogens is 204 g/mol. The number of likely N-dealkylation sites (N-methyl/N-ethyl adjacent to an activating group) is 1. The molecule has 1 aliphatic rings. The number of nitrogens with two attached hydrogens (primary N) is 1. The largest absolute Gasteiger partial charge is 0.395 e. The third-order valence-corrected chi connectivity index (χ3v) is 3.46. The monoisotopic (exact) mass is 228 g/mol. The summed E-state index contributed by atoms with van der Waals surface area (Å²) in [6.45, 7) is 3.15. The summed E-state index contributed by atoms with van der Waals surface area (Å²) >= 11 is 0. The summed E-state index contributed by atoms with van der Waals surface area (Å²) in [6, 6.07) is 0.339. The Kier molecular flexibility index (Phi) is 5.77. The van der Waals surface area contributed by atoms with Gasteiger partial charge in [-0.25, -0.2) is 0 Å². The standard InChI is InChI=1S/C12H24N2O2/c1-2-14(7-8-15)12(16)9-10-3-5-11(13)6-4-10/h10-11,15H,2-9,13H2,1H3. The molecule has 1 fully saturated rings. The van der Waals surface area contributed by atoms with E-state index in [2.05, 4.69) is 0 Å². The first-order valence-corrected chi connectivity index (χ1v) is 6.31. The van der Waals surface area contributed by atoms with Crippen LogP contribution in [0, 0.1) is 5.92 Å². The third kappa shape index (κ3) is 4.10. The van der Waals surface area contributed by atoms with Gasteiger partial charge < -0.3 is 15.7 Å². The maximum Gasteiger partial charge on any atom is 0.222 e. The molecule has 0 aromatic heterocycles. The maximum atomic E-state index is 11.9. The molecule has 1 amide bonds. The summed E-state index contributed by atoms with van der Waals surface area (Å²) in [7, 11) is 0. The fourth-order valence-corrected chi connectivity index (χ4v) is 2.35. The van der Waals surface area contributed by atoms with Crippen LogP contribution in [0.3, 0.4) is 0 Å². The molecule has 4 nitrogen and oxygen atoms in total. The van der Waals surface area contributed by atoms with Crippen molar-refractivity contribution in [3.05, 3.63) is 0 Å². The molecular formula is C12H24N2O2. The lowest BCUT2D eigenvalue weighted by atomic mass is 9.84. The molecule has 0 atom stereocenters. The van der Waals surface area contributed by atoms with Gasteiger partial charge in [0.15, 0.2) is 0 Å². The number of rotatable bonds is 5. The number of amides is 1. The van der Waals surface area contributed by atoms with E-state index in [4.69, 9.17) is 10.8 Å². The summed E-state index contributed by atoms with van der Waals surface area (Å²) in [5.41, 5.74) is 5.83. The normalized spacial score (nSPS) is 25.4. The Morgan fingerprint density at radius 1 is 1.38 bits per heavy atom. The minimum atomic E-state index is 0.0507. The van der Waals surface area contributed by atoms with Gasteiger partial charge in [0.1, 0.15) is 0 Å². The van der Waals surface area contributed by atoms with Gasteiger partial charge in [-0.15, -0.1) is 0 Å². The summed E-state index contributed by atoms with van der Waals surface area (Å²) in [5, 5.41) is 8.85. The summed E-state index contributed by atoms with van der Waals surface area (Å²) in [5.74, 6) is 0.678. The van der Waals surface area contributed by atoms with Crippen molar-refractivity contribution in [2.45, 2.75) is 45.1 Å². The number of carbonyl (C=O) groups is 1. The zero-order valence-electron chi connectivity index (χ0n) is 10.2. The Morgan fingerprint density at radius 3 is 2.50 bits per heavy atom. The fourth-order valence-electron chi connectivity index (χ4n) is 2.35. The van der Waals surface area contributed by atoms with Gasteiger partial charge in [-0.3, -0.25) is 4.79 Å². The van der Waals surface area contributed by atoms with Crippen LogP contribution in [0.2, 0.25) is 0 Å². The minimum Gasteiger partial charge on any atom is -0.395 e. The molecule has 0 unspecified atom stereocenters. The summed E-state index contributed by atoms with van der Waals surface area (Å²) < 4.78 is 0. The highest BCUT2D eigenvalue weighted by Gasteiger charge is 2.22. The molecule has 0 spiro atoms. The molecule has 94 valence electrons. The molecule has 1 rings (SSSR count). The predicted molar refractivity (Wildman–Crippen MR) is 63.9 cm³/mol. The van der Waals surface area contributed by atoms with Gasteiger partial charge in [-0.2, -0.15) is 0 Å². The average molecular weight is 228 g/mol. The molecule has 0 bridgehead atoms. The van der Waals surface area contributed by atoms with E-state index in [9.17, 15) is 4.79 Å². The van der Waals surface area contributed by atoms with E-state index < -0.39 is 0 Å². The second-order valence-corrected chi connectivity index (χ2v) is 4.68. The first-order valence-electron chi connectivity index (χ1n) is 6.31. The molecule has 0 saturated heterocycles. The van der Waals surface area contributed by atoms with Gasteiger partial charge in [-0.1, -0.05) is 0 Å². The number of aliphatic hydroxyl groups excluding tert-OH is 1. The Hall–Kier alpha value is -0.610. The quantitative estimate of drug-likeness (QED) is 0.729. The number of nitrogens with zero attached hydrogens (tertiary/aromatic N) is 1. The third-order valence-electron chi connectivity index (χ3n) is 3.46. The number of carbonyl (C=O) groups excluding carboxylic acids is 1. The van der Waals surface area contributed by atoms with Crippen molar-refractivity contribution in [3.63, 3.8) is 0 Å². The maximum absolute atomic E-state index is 11.9. The molecule has 3 N–H and O–H groups in total. The second-order valence-electron chi connectivity index (χ2n) is 4.68. The van der Waals surface area contributed by atoms with Gasteiger partial charge in [0.05, 0.1) is 6.61 Å². The Morgan fingerprint density at radius 2 is 2.00 bits per heavy atom. The minimum absolute atomic E-state index is 0.0507. The Bertz CT molecular complexity index is 213. The van der Waals surface area contributed by atoms with E-state index >= 15 is 0 Å². The van der Waals surface area contributed by atoms with E-state index in [1.807, 2.05) is 6.92 Å². The predicted octanol–water partition coefficient (Wildman–Crippen LogP) is 0.735. The van der Waals surface area contributed by atoms with E-state index in [-0.39, 0.29) is 12.5 Å². The van der Waals surface area contributed by atoms with Crippen molar-refractivity contribution in [2.24, 2.45) is 11.7 Å². The van der Waals surface area contributed by atoms with Gasteiger partial charge in [0, 0.05) is 25.6 Å². The van der Waals surface area contributed by atoms with Crippen molar-refractivity contribution < 1.29 is 9.90 Å². The van der Waals surface area contributed by atoms with Gasteiger partial charge in [0.25, 0.3) is 0 Å². The van der Waals surface area contributed by atoms with Crippen LogP contribution in [0.25, 0.3) is 0 Å². The highest BCUT2D eigenvalue weighted by molar-refractivity contribution is 5.76. The highest BCUT2D eigenvalue weighted by Crippen LogP contribution is 2.26. The van der Waals surface area contributed by atoms with Crippen LogP contribution in [-0.4, -0.2) is 41.7 Å². The molecule has 16 heavy (non-hydrogen) atoms. The smallest absolute Gasteiger partial charge is 0.222 e. The van der Waals surface area contributed by atoms with Crippen molar-refractivity contribution in [3.8, 4) is 0 Å². The molecule has 0 aromatic carbocycles. The van der Waals surface area contributed by atoms with Gasteiger partial charge in [0.2, 0.25) is 5.91 Å². The lowest BCUT2D eigenvalue weighted by Crippen LogP contribution is -2.35. The SMILES string of the molecule is CCN(CCO)C(=O)CC1CCC(N)CC1. The van der Waals surface area contributed by atoms with Crippen molar-refractivity contribution in [2.75, 3.05) is 19.7 Å². The molecule has 0 aliphatic heterocycles. The van der Waals surface area contributed by atoms with Crippen LogP contribution >= 0.6 is 0 Å². The molecule has 4 heteroatoms. The second kappa shape index (κ2) is 6.86. The average Bonchev–Trinajstić information content (AvgIpc) is 2.29. The van der Waals surface area contributed by atoms with E-state index in [1.54, 1.807) is 4.90 Å². The number of aliphatic hydroxyl groups is 1. The Balaban J connectivity index is 2.32. The molecule has 0 radical (unpaired) electrons. The summed E-state index contributed by atoms with van der Waals surface area (Å²) in [6.07, 6.45) is 4.86. The fraction of sp³-hybridized carbons (Fsp3) is 0.917. The van der Waals surface area contributed by atoms with Crippen LogP contribution in [0.1, 0.15) is 39.0 Å². The lowest BCUT2D eigenvalue weighted by Gasteiger charge is -2.28. The zero-order valence-corrected chi connectivity index (χ0v) is 10.2. The van der Waals surface area contributed by atoms with Gasteiger partial charge >= 0.3 is 0 Å². The van der Waals surface area contributed by atoms with Crippen molar-refractivity contribution in [1.82, 2.24) is 4.90 Å². The molecule has 1 saturated carbocycles.